The molecule has 1 saturated heterocycles. The van der Waals surface area contributed by atoms with Crippen LogP contribution in [0.15, 0.2) is 65.6 Å². The van der Waals surface area contributed by atoms with Crippen molar-refractivity contribution in [1.82, 2.24) is 19.7 Å². The van der Waals surface area contributed by atoms with Crippen LogP contribution in [0.3, 0.4) is 0 Å². The lowest BCUT2D eigenvalue weighted by atomic mass is 10.2. The van der Waals surface area contributed by atoms with Gasteiger partial charge in [-0.25, -0.2) is 0 Å². The van der Waals surface area contributed by atoms with E-state index in [0.717, 1.165) is 0 Å². The number of aromatic nitrogens is 3. The maximum absolute atomic E-state index is 12.5. The standard InChI is InChI=1S/C20H18ClN5O2/c21-15-4-3-5-16(14-15)26-19(27)8-7-18(23-26)24-10-12-25(13-11-24)20(28)17-6-1-2-9-22-17/h1-9,14H,10-13H2. The van der Waals surface area contributed by atoms with Crippen molar-refractivity contribution in [2.24, 2.45) is 0 Å². The van der Waals surface area contributed by atoms with Gasteiger partial charge in [0.2, 0.25) is 0 Å². The molecule has 8 heteroatoms. The minimum absolute atomic E-state index is 0.0721. The number of hydrogen-bond donors (Lipinski definition) is 0. The molecule has 0 bridgehead atoms. The molecule has 0 saturated carbocycles. The van der Waals surface area contributed by atoms with Crippen LogP contribution in [0.5, 0.6) is 0 Å². The van der Waals surface area contributed by atoms with Crippen LogP contribution in [0.1, 0.15) is 10.5 Å². The van der Waals surface area contributed by atoms with E-state index in [-0.39, 0.29) is 11.5 Å². The minimum atomic E-state index is -0.227. The van der Waals surface area contributed by atoms with Gasteiger partial charge in [-0.2, -0.15) is 4.68 Å². The van der Waals surface area contributed by atoms with Crippen LogP contribution >= 0.6 is 11.6 Å². The Hall–Kier alpha value is -3.19. The molecule has 0 aliphatic carbocycles. The summed E-state index contributed by atoms with van der Waals surface area (Å²) in [7, 11) is 0. The lowest BCUT2D eigenvalue weighted by molar-refractivity contribution is 0.0740. The predicted octanol–water partition coefficient (Wildman–Crippen LogP) is 2.24. The Morgan fingerprint density at radius 2 is 1.79 bits per heavy atom. The van der Waals surface area contributed by atoms with Gasteiger partial charge in [-0.15, -0.1) is 5.10 Å². The molecule has 0 unspecified atom stereocenters. The predicted molar refractivity (Wildman–Crippen MR) is 107 cm³/mol. The first-order chi connectivity index (χ1) is 13.6. The van der Waals surface area contributed by atoms with Crippen LogP contribution in [0.25, 0.3) is 5.69 Å². The van der Waals surface area contributed by atoms with Gasteiger partial charge in [0.1, 0.15) is 11.5 Å². The number of benzene rings is 1. The molecule has 4 rings (SSSR count). The average molecular weight is 396 g/mol. The van der Waals surface area contributed by atoms with E-state index in [1.165, 1.54) is 10.7 Å². The molecule has 1 aliphatic heterocycles. The number of amides is 1. The van der Waals surface area contributed by atoms with E-state index in [0.29, 0.717) is 48.4 Å². The number of carbonyl (C=O) groups is 1. The van der Waals surface area contributed by atoms with Crippen LogP contribution in [-0.4, -0.2) is 51.8 Å². The van der Waals surface area contributed by atoms with Gasteiger partial charge in [0.15, 0.2) is 0 Å². The molecule has 1 fully saturated rings. The number of pyridine rings is 1. The molecule has 0 radical (unpaired) electrons. The maximum atomic E-state index is 12.5. The minimum Gasteiger partial charge on any atom is -0.352 e. The van der Waals surface area contributed by atoms with Crippen LogP contribution in [0.4, 0.5) is 5.82 Å². The fourth-order valence-electron chi connectivity index (χ4n) is 3.15. The molecule has 1 aliphatic rings. The highest BCUT2D eigenvalue weighted by Gasteiger charge is 2.23. The Morgan fingerprint density at radius 3 is 2.50 bits per heavy atom. The molecular formula is C20H18ClN5O2. The summed E-state index contributed by atoms with van der Waals surface area (Å²) in [5.74, 6) is 0.613. The van der Waals surface area contributed by atoms with Crippen molar-refractivity contribution >= 4 is 23.3 Å². The molecule has 0 spiro atoms. The number of hydrogen-bond acceptors (Lipinski definition) is 5. The van der Waals surface area contributed by atoms with E-state index < -0.39 is 0 Å². The van der Waals surface area contributed by atoms with E-state index in [1.54, 1.807) is 59.6 Å². The van der Waals surface area contributed by atoms with E-state index in [9.17, 15) is 9.59 Å². The zero-order valence-corrected chi connectivity index (χ0v) is 15.8. The number of halogens is 1. The Bertz CT molecular complexity index is 1050. The van der Waals surface area contributed by atoms with Gasteiger partial charge in [-0.3, -0.25) is 14.6 Å². The third-order valence-electron chi connectivity index (χ3n) is 4.61. The van der Waals surface area contributed by atoms with Crippen molar-refractivity contribution in [3.05, 3.63) is 81.9 Å². The normalized spacial score (nSPS) is 14.2. The smallest absolute Gasteiger partial charge is 0.272 e. The van der Waals surface area contributed by atoms with E-state index in [1.807, 2.05) is 0 Å². The molecule has 1 amide bonds. The van der Waals surface area contributed by atoms with Gasteiger partial charge in [0.05, 0.1) is 5.69 Å². The van der Waals surface area contributed by atoms with Crippen molar-refractivity contribution in [2.45, 2.75) is 0 Å². The molecule has 3 aromatic rings. The van der Waals surface area contributed by atoms with Gasteiger partial charge in [0.25, 0.3) is 11.5 Å². The average Bonchev–Trinajstić information content (AvgIpc) is 2.74. The van der Waals surface area contributed by atoms with Gasteiger partial charge >= 0.3 is 0 Å². The number of anilines is 1. The van der Waals surface area contributed by atoms with E-state index in [2.05, 4.69) is 15.0 Å². The highest BCUT2D eigenvalue weighted by molar-refractivity contribution is 6.30. The second-order valence-corrected chi connectivity index (χ2v) is 6.85. The third-order valence-corrected chi connectivity index (χ3v) is 4.85. The summed E-state index contributed by atoms with van der Waals surface area (Å²) in [6, 6.07) is 15.5. The summed E-state index contributed by atoms with van der Waals surface area (Å²) in [6.07, 6.45) is 1.62. The first kappa shape index (κ1) is 18.2. The zero-order chi connectivity index (χ0) is 19.5. The number of carbonyl (C=O) groups excluding carboxylic acids is 1. The van der Waals surface area contributed by atoms with Gasteiger partial charge in [-0.05, 0) is 36.4 Å². The quantitative estimate of drug-likeness (QED) is 0.680. The molecule has 3 heterocycles. The second-order valence-electron chi connectivity index (χ2n) is 6.42. The molecule has 28 heavy (non-hydrogen) atoms. The maximum Gasteiger partial charge on any atom is 0.272 e. The first-order valence-corrected chi connectivity index (χ1v) is 9.31. The lowest BCUT2D eigenvalue weighted by Gasteiger charge is -2.35. The summed E-state index contributed by atoms with van der Waals surface area (Å²) in [4.78, 5) is 32.7. The summed E-state index contributed by atoms with van der Waals surface area (Å²) >= 11 is 6.04. The molecule has 7 nitrogen and oxygen atoms in total. The Kier molecular flexibility index (Phi) is 5.08. The van der Waals surface area contributed by atoms with Crippen molar-refractivity contribution in [1.29, 1.82) is 0 Å². The van der Waals surface area contributed by atoms with Crippen molar-refractivity contribution in [3.63, 3.8) is 0 Å². The Balaban J connectivity index is 1.50. The molecule has 142 valence electrons. The fourth-order valence-corrected chi connectivity index (χ4v) is 3.34. The lowest BCUT2D eigenvalue weighted by Crippen LogP contribution is -2.49. The zero-order valence-electron chi connectivity index (χ0n) is 15.0. The topological polar surface area (TPSA) is 71.3 Å². The third kappa shape index (κ3) is 3.75. The molecule has 2 aromatic heterocycles. The molecule has 0 atom stereocenters. The summed E-state index contributed by atoms with van der Waals surface area (Å²) in [5, 5.41) is 5.03. The van der Waals surface area contributed by atoms with E-state index >= 15 is 0 Å². The molecule has 0 N–H and O–H groups in total. The highest BCUT2D eigenvalue weighted by Crippen LogP contribution is 2.16. The van der Waals surface area contributed by atoms with Gasteiger partial charge < -0.3 is 9.80 Å². The van der Waals surface area contributed by atoms with Crippen LogP contribution in [0.2, 0.25) is 5.02 Å². The summed E-state index contributed by atoms with van der Waals surface area (Å²) in [5.41, 5.74) is 0.835. The Morgan fingerprint density at radius 1 is 0.964 bits per heavy atom. The van der Waals surface area contributed by atoms with Gasteiger partial charge in [-0.1, -0.05) is 23.7 Å². The second kappa shape index (κ2) is 7.82. The highest BCUT2D eigenvalue weighted by atomic mass is 35.5. The molecule has 1 aromatic carbocycles. The van der Waals surface area contributed by atoms with Crippen molar-refractivity contribution < 1.29 is 4.79 Å². The fraction of sp³-hybridized carbons (Fsp3) is 0.200. The number of piperazine rings is 1. The number of rotatable bonds is 3. The Labute approximate surface area is 166 Å². The monoisotopic (exact) mass is 395 g/mol. The molecular weight excluding hydrogens is 378 g/mol. The van der Waals surface area contributed by atoms with Crippen molar-refractivity contribution in [2.75, 3.05) is 31.1 Å². The SMILES string of the molecule is O=C(c1ccccn1)N1CCN(c2ccc(=O)n(-c3cccc(Cl)c3)n2)CC1. The van der Waals surface area contributed by atoms with E-state index in [4.69, 9.17) is 11.6 Å². The largest absolute Gasteiger partial charge is 0.352 e. The number of nitrogens with zero attached hydrogens (tertiary/aromatic N) is 5. The van der Waals surface area contributed by atoms with Crippen LogP contribution in [-0.2, 0) is 0 Å². The summed E-state index contributed by atoms with van der Waals surface area (Å²) < 4.78 is 1.34. The summed E-state index contributed by atoms with van der Waals surface area (Å²) in [6.45, 7) is 2.37. The van der Waals surface area contributed by atoms with Gasteiger partial charge in [0, 0.05) is 43.5 Å². The van der Waals surface area contributed by atoms with Crippen LogP contribution in [0, 0.1) is 0 Å². The van der Waals surface area contributed by atoms with Crippen molar-refractivity contribution in [3.8, 4) is 5.69 Å². The first-order valence-electron chi connectivity index (χ1n) is 8.93. The van der Waals surface area contributed by atoms with Crippen LogP contribution < -0.4 is 10.5 Å².